The van der Waals surface area contributed by atoms with Gasteiger partial charge in [-0.2, -0.15) is 13.2 Å². The van der Waals surface area contributed by atoms with Crippen LogP contribution in [0.5, 0.6) is 0 Å². The molecule has 2 N–H and O–H groups in total. The molecule has 1 fully saturated rings. The quantitative estimate of drug-likeness (QED) is 0.519. The third-order valence-corrected chi connectivity index (χ3v) is 5.24. The lowest BCUT2D eigenvalue weighted by atomic mass is 9.87. The number of halogens is 5. The second kappa shape index (κ2) is 8.18. The number of carbonyl (C=O) groups is 3. The molecule has 0 radical (unpaired) electrons. The predicted octanol–water partition coefficient (Wildman–Crippen LogP) is 4.29. The fourth-order valence-electron chi connectivity index (χ4n) is 3.27. The molecule has 164 valence electrons. The van der Waals surface area contributed by atoms with Crippen molar-refractivity contribution in [1.29, 1.82) is 0 Å². The molecule has 1 atom stereocenters. The second-order valence-electron chi connectivity index (χ2n) is 6.83. The summed E-state index contributed by atoms with van der Waals surface area (Å²) >= 11 is 5.85. The highest BCUT2D eigenvalue weighted by Crippen LogP contribution is 2.35. The van der Waals surface area contributed by atoms with Crippen LogP contribution in [-0.2, 0) is 21.3 Å². The van der Waals surface area contributed by atoms with Gasteiger partial charge in [0.05, 0.1) is 16.3 Å². The summed E-state index contributed by atoms with van der Waals surface area (Å²) in [7, 11) is 0. The number of nitrogens with zero attached hydrogens (tertiary/aromatic N) is 1. The van der Waals surface area contributed by atoms with Crippen molar-refractivity contribution in [2.45, 2.75) is 25.1 Å². The van der Waals surface area contributed by atoms with Crippen molar-refractivity contribution in [2.75, 3.05) is 11.9 Å². The van der Waals surface area contributed by atoms with Crippen molar-refractivity contribution in [3.8, 4) is 0 Å². The average molecular weight is 458 g/mol. The van der Waals surface area contributed by atoms with Crippen LogP contribution in [0.15, 0.2) is 42.5 Å². The first-order valence-corrected chi connectivity index (χ1v) is 9.42. The molecule has 2 aromatic rings. The molecule has 11 heteroatoms. The number of urea groups is 1. The van der Waals surface area contributed by atoms with Gasteiger partial charge in [0.1, 0.15) is 17.9 Å². The van der Waals surface area contributed by atoms with E-state index in [0.717, 1.165) is 24.3 Å². The normalized spacial score (nSPS) is 18.8. The summed E-state index contributed by atoms with van der Waals surface area (Å²) in [6.45, 7) is 0.883. The molecule has 0 saturated carbocycles. The molecular weight excluding hydrogens is 442 g/mol. The van der Waals surface area contributed by atoms with E-state index in [0.29, 0.717) is 16.5 Å². The van der Waals surface area contributed by atoms with Gasteiger partial charge in [-0.1, -0.05) is 30.7 Å². The third-order valence-electron chi connectivity index (χ3n) is 4.91. The van der Waals surface area contributed by atoms with Gasteiger partial charge in [0.2, 0.25) is 5.91 Å². The molecule has 1 saturated heterocycles. The van der Waals surface area contributed by atoms with Crippen LogP contribution in [0.1, 0.15) is 24.5 Å². The summed E-state index contributed by atoms with van der Waals surface area (Å²) < 4.78 is 51.9. The molecule has 0 spiro atoms. The van der Waals surface area contributed by atoms with E-state index in [1.54, 1.807) is 6.92 Å². The Morgan fingerprint density at radius 2 is 1.81 bits per heavy atom. The minimum atomic E-state index is -4.65. The molecule has 1 aliphatic heterocycles. The van der Waals surface area contributed by atoms with Gasteiger partial charge in [-0.3, -0.25) is 14.5 Å². The molecular formula is C20H16ClF4N3O3. The van der Waals surface area contributed by atoms with Crippen molar-refractivity contribution < 1.29 is 31.9 Å². The Balaban J connectivity index is 1.80. The van der Waals surface area contributed by atoms with Crippen LogP contribution in [0.3, 0.4) is 0 Å². The number of benzene rings is 2. The van der Waals surface area contributed by atoms with E-state index in [1.807, 2.05) is 0 Å². The van der Waals surface area contributed by atoms with E-state index < -0.39 is 47.5 Å². The molecule has 0 bridgehead atoms. The van der Waals surface area contributed by atoms with Crippen molar-refractivity contribution in [1.82, 2.24) is 10.2 Å². The highest BCUT2D eigenvalue weighted by Gasteiger charge is 2.51. The zero-order valence-electron chi connectivity index (χ0n) is 16.0. The third kappa shape index (κ3) is 4.34. The molecule has 31 heavy (non-hydrogen) atoms. The van der Waals surface area contributed by atoms with E-state index in [1.165, 1.54) is 12.1 Å². The number of alkyl halides is 3. The molecule has 1 aliphatic rings. The van der Waals surface area contributed by atoms with Crippen LogP contribution >= 0.6 is 11.6 Å². The van der Waals surface area contributed by atoms with Gasteiger partial charge in [0.15, 0.2) is 0 Å². The first-order chi connectivity index (χ1) is 14.5. The Hall–Kier alpha value is -3.14. The molecule has 6 nitrogen and oxygen atoms in total. The maximum Gasteiger partial charge on any atom is 0.416 e. The van der Waals surface area contributed by atoms with Gasteiger partial charge in [-0.05, 0) is 42.3 Å². The predicted molar refractivity (Wildman–Crippen MR) is 104 cm³/mol. The van der Waals surface area contributed by atoms with Gasteiger partial charge in [-0.25, -0.2) is 9.18 Å². The number of carbonyl (C=O) groups excluding carboxylic acids is 3. The zero-order valence-corrected chi connectivity index (χ0v) is 16.8. The van der Waals surface area contributed by atoms with Crippen LogP contribution in [0.2, 0.25) is 5.02 Å². The Morgan fingerprint density at radius 1 is 1.16 bits per heavy atom. The van der Waals surface area contributed by atoms with Gasteiger partial charge in [-0.15, -0.1) is 0 Å². The van der Waals surface area contributed by atoms with Crippen molar-refractivity contribution in [3.63, 3.8) is 0 Å². The van der Waals surface area contributed by atoms with E-state index in [-0.39, 0.29) is 17.1 Å². The summed E-state index contributed by atoms with van der Waals surface area (Å²) in [5, 5.41) is 4.57. The highest BCUT2D eigenvalue weighted by molar-refractivity contribution is 6.33. The van der Waals surface area contributed by atoms with Crippen molar-refractivity contribution in [3.05, 3.63) is 64.4 Å². The number of amides is 4. The number of anilines is 1. The second-order valence-corrected chi connectivity index (χ2v) is 7.23. The molecule has 0 aromatic heterocycles. The summed E-state index contributed by atoms with van der Waals surface area (Å²) in [6, 6.07) is 6.50. The maximum absolute atomic E-state index is 13.2. The minimum absolute atomic E-state index is 0.126. The first kappa shape index (κ1) is 22.5. The molecule has 2 aromatic carbocycles. The lowest BCUT2D eigenvalue weighted by Gasteiger charge is -2.25. The monoisotopic (exact) mass is 457 g/mol. The Labute approximate surface area is 179 Å². The van der Waals surface area contributed by atoms with E-state index in [4.69, 9.17) is 11.6 Å². The SMILES string of the molecule is CCC1(c2ccc(F)cc2)NC(=O)N(CC(=O)Nc2cc(C(F)(F)F)ccc2Cl)C1=O. The van der Waals surface area contributed by atoms with Crippen LogP contribution in [-0.4, -0.2) is 29.3 Å². The molecule has 1 unspecified atom stereocenters. The standard InChI is InChI=1S/C20H16ClF4N3O3/c1-2-19(11-3-6-13(22)7-4-11)17(30)28(18(31)27-19)10-16(29)26-15-9-12(20(23,24)25)5-8-14(15)21/h3-9H,2,10H2,1H3,(H,26,29)(H,27,31). The van der Waals surface area contributed by atoms with Gasteiger partial charge in [0.25, 0.3) is 5.91 Å². The largest absolute Gasteiger partial charge is 0.416 e. The zero-order chi connectivity index (χ0) is 23.0. The number of rotatable bonds is 5. The van der Waals surface area contributed by atoms with Gasteiger partial charge in [0, 0.05) is 0 Å². The fourth-order valence-corrected chi connectivity index (χ4v) is 3.44. The van der Waals surface area contributed by atoms with Crippen LogP contribution in [0, 0.1) is 5.82 Å². The van der Waals surface area contributed by atoms with Crippen LogP contribution < -0.4 is 10.6 Å². The van der Waals surface area contributed by atoms with E-state index >= 15 is 0 Å². The first-order valence-electron chi connectivity index (χ1n) is 9.04. The van der Waals surface area contributed by atoms with Crippen LogP contribution in [0.25, 0.3) is 0 Å². The molecule has 3 rings (SSSR count). The lowest BCUT2D eigenvalue weighted by Crippen LogP contribution is -2.44. The maximum atomic E-state index is 13.2. The van der Waals surface area contributed by atoms with Gasteiger partial charge >= 0.3 is 12.2 Å². The van der Waals surface area contributed by atoms with Gasteiger partial charge < -0.3 is 10.6 Å². The summed E-state index contributed by atoms with van der Waals surface area (Å²) in [6.07, 6.45) is -4.52. The number of hydrogen-bond acceptors (Lipinski definition) is 3. The minimum Gasteiger partial charge on any atom is -0.323 e. The molecule has 0 aliphatic carbocycles. The fraction of sp³-hybridized carbons (Fsp3) is 0.250. The van der Waals surface area contributed by atoms with Crippen molar-refractivity contribution >= 4 is 35.1 Å². The van der Waals surface area contributed by atoms with Crippen LogP contribution in [0.4, 0.5) is 28.0 Å². The smallest absolute Gasteiger partial charge is 0.323 e. The number of hydrogen-bond donors (Lipinski definition) is 2. The Morgan fingerprint density at radius 3 is 2.39 bits per heavy atom. The Bertz CT molecular complexity index is 1040. The topological polar surface area (TPSA) is 78.5 Å². The lowest BCUT2D eigenvalue weighted by molar-refractivity contribution is -0.137. The molecule has 1 heterocycles. The summed E-state index contributed by atoms with van der Waals surface area (Å²) in [5.74, 6) is -2.19. The average Bonchev–Trinajstić information content (AvgIpc) is 2.94. The van der Waals surface area contributed by atoms with Crippen molar-refractivity contribution in [2.24, 2.45) is 0 Å². The number of imide groups is 1. The summed E-state index contributed by atoms with van der Waals surface area (Å²) in [4.78, 5) is 38.4. The number of nitrogens with one attached hydrogen (secondary N) is 2. The highest BCUT2D eigenvalue weighted by atomic mass is 35.5. The van der Waals surface area contributed by atoms with E-state index in [2.05, 4.69) is 10.6 Å². The summed E-state index contributed by atoms with van der Waals surface area (Å²) in [5.41, 5.74) is -2.49. The van der Waals surface area contributed by atoms with E-state index in [9.17, 15) is 31.9 Å². The Kier molecular flexibility index (Phi) is 5.95. The molecule has 4 amide bonds.